The molecule has 17 heavy (non-hydrogen) atoms. The average Bonchev–Trinajstić information content (AvgIpc) is 2.27. The molecule has 4 nitrogen and oxygen atoms in total. The van der Waals surface area contributed by atoms with Gasteiger partial charge in [0.1, 0.15) is 11.5 Å². The molecule has 0 aliphatic carbocycles. The smallest absolute Gasteiger partial charge is 0.295 e. The summed E-state index contributed by atoms with van der Waals surface area (Å²) in [6, 6.07) is 3.57. The lowest BCUT2D eigenvalue weighted by molar-refractivity contribution is -0.384. The highest BCUT2D eigenvalue weighted by molar-refractivity contribution is 5.61. The summed E-state index contributed by atoms with van der Waals surface area (Å²) in [6.45, 7) is 4.82. The van der Waals surface area contributed by atoms with Crippen molar-refractivity contribution in [2.45, 2.75) is 26.7 Å². The fraction of sp³-hybridized carbons (Fsp3) is 0.500. The standard InChI is InChI=1S/C12H17FN2O2/c1-3-4-9(2)8-14-11-6-5-10(13)7-12(11)15(16)17/h5-7,9,14H,3-4,8H2,1-2H3. The van der Waals surface area contributed by atoms with Crippen LogP contribution in [0.3, 0.4) is 0 Å². The zero-order valence-corrected chi connectivity index (χ0v) is 10.1. The largest absolute Gasteiger partial charge is 0.379 e. The Bertz CT molecular complexity index is 396. The van der Waals surface area contributed by atoms with Gasteiger partial charge in [0.25, 0.3) is 5.69 Å². The summed E-state index contributed by atoms with van der Waals surface area (Å²) in [6.07, 6.45) is 2.14. The molecular formula is C12H17FN2O2. The van der Waals surface area contributed by atoms with Gasteiger partial charge in [-0.15, -0.1) is 0 Å². The highest BCUT2D eigenvalue weighted by Crippen LogP contribution is 2.25. The molecule has 1 N–H and O–H groups in total. The predicted octanol–water partition coefficient (Wildman–Crippen LogP) is 3.58. The van der Waals surface area contributed by atoms with Crippen LogP contribution in [-0.4, -0.2) is 11.5 Å². The zero-order chi connectivity index (χ0) is 12.8. The third kappa shape index (κ3) is 4.01. The Morgan fingerprint density at radius 1 is 1.53 bits per heavy atom. The topological polar surface area (TPSA) is 55.2 Å². The highest BCUT2D eigenvalue weighted by Gasteiger charge is 2.14. The first-order valence-electron chi connectivity index (χ1n) is 5.72. The number of nitro groups is 1. The first-order valence-corrected chi connectivity index (χ1v) is 5.72. The van der Waals surface area contributed by atoms with E-state index in [1.54, 1.807) is 0 Å². The van der Waals surface area contributed by atoms with E-state index in [0.717, 1.165) is 18.9 Å². The third-order valence-corrected chi connectivity index (χ3v) is 2.58. The van der Waals surface area contributed by atoms with E-state index in [2.05, 4.69) is 19.2 Å². The summed E-state index contributed by atoms with van der Waals surface area (Å²) in [7, 11) is 0. The molecule has 1 aromatic rings. The fourth-order valence-electron chi connectivity index (χ4n) is 1.68. The van der Waals surface area contributed by atoms with Crippen molar-refractivity contribution < 1.29 is 9.31 Å². The van der Waals surface area contributed by atoms with Crippen molar-refractivity contribution in [3.8, 4) is 0 Å². The first kappa shape index (κ1) is 13.4. The van der Waals surface area contributed by atoms with Crippen molar-refractivity contribution in [2.24, 2.45) is 5.92 Å². The van der Waals surface area contributed by atoms with E-state index in [1.165, 1.54) is 12.1 Å². The minimum Gasteiger partial charge on any atom is -0.379 e. The maximum atomic E-state index is 12.9. The van der Waals surface area contributed by atoms with Crippen molar-refractivity contribution in [1.82, 2.24) is 0 Å². The normalized spacial score (nSPS) is 12.2. The van der Waals surface area contributed by atoms with Crippen LogP contribution in [0.25, 0.3) is 0 Å². The Morgan fingerprint density at radius 3 is 2.82 bits per heavy atom. The SMILES string of the molecule is CCCC(C)CNc1ccc(F)cc1[N+](=O)[O-]. The molecule has 1 rings (SSSR count). The van der Waals surface area contributed by atoms with Crippen molar-refractivity contribution in [1.29, 1.82) is 0 Å². The second-order valence-electron chi connectivity index (χ2n) is 4.19. The van der Waals surface area contributed by atoms with E-state index in [4.69, 9.17) is 0 Å². The van der Waals surface area contributed by atoms with Crippen molar-refractivity contribution in [2.75, 3.05) is 11.9 Å². The summed E-state index contributed by atoms with van der Waals surface area (Å²) in [5.41, 5.74) is 0.160. The van der Waals surface area contributed by atoms with Crippen LogP contribution in [0.5, 0.6) is 0 Å². The van der Waals surface area contributed by atoms with E-state index in [-0.39, 0.29) is 5.69 Å². The number of nitrogens with zero attached hydrogens (tertiary/aromatic N) is 1. The maximum Gasteiger partial charge on any atom is 0.295 e. The Balaban J connectivity index is 2.73. The molecule has 1 aromatic carbocycles. The van der Waals surface area contributed by atoms with E-state index >= 15 is 0 Å². The van der Waals surface area contributed by atoms with E-state index in [1.807, 2.05) is 0 Å². The predicted molar refractivity (Wildman–Crippen MR) is 65.6 cm³/mol. The highest BCUT2D eigenvalue weighted by atomic mass is 19.1. The van der Waals surface area contributed by atoms with Crippen molar-refractivity contribution >= 4 is 11.4 Å². The van der Waals surface area contributed by atoms with Crippen LogP contribution >= 0.6 is 0 Å². The second kappa shape index (κ2) is 6.18. The fourth-order valence-corrected chi connectivity index (χ4v) is 1.68. The van der Waals surface area contributed by atoms with Gasteiger partial charge in [0.2, 0.25) is 0 Å². The number of nitro benzene ring substituents is 1. The number of anilines is 1. The van der Waals surface area contributed by atoms with Gasteiger partial charge < -0.3 is 5.32 Å². The van der Waals surface area contributed by atoms with Crippen molar-refractivity contribution in [3.05, 3.63) is 34.1 Å². The van der Waals surface area contributed by atoms with Crippen LogP contribution in [0.1, 0.15) is 26.7 Å². The van der Waals surface area contributed by atoms with Gasteiger partial charge in [-0.1, -0.05) is 20.3 Å². The van der Waals surface area contributed by atoms with Gasteiger partial charge in [-0.05, 0) is 24.5 Å². The molecule has 94 valence electrons. The number of hydrogen-bond acceptors (Lipinski definition) is 3. The molecule has 0 aliphatic rings. The van der Waals surface area contributed by atoms with Crippen LogP contribution in [0.2, 0.25) is 0 Å². The molecule has 0 aromatic heterocycles. The van der Waals surface area contributed by atoms with Crippen molar-refractivity contribution in [3.63, 3.8) is 0 Å². The average molecular weight is 240 g/mol. The summed E-state index contributed by atoms with van der Waals surface area (Å²) < 4.78 is 12.9. The number of hydrogen-bond donors (Lipinski definition) is 1. The lowest BCUT2D eigenvalue weighted by Crippen LogP contribution is -2.12. The maximum absolute atomic E-state index is 12.9. The Kier molecular flexibility index (Phi) is 4.87. The molecule has 0 saturated carbocycles. The van der Waals surface area contributed by atoms with E-state index < -0.39 is 10.7 Å². The third-order valence-electron chi connectivity index (χ3n) is 2.58. The Labute approximate surface area is 100.0 Å². The lowest BCUT2D eigenvalue weighted by Gasteiger charge is -2.12. The zero-order valence-electron chi connectivity index (χ0n) is 10.1. The van der Waals surface area contributed by atoms with Crippen LogP contribution in [0.15, 0.2) is 18.2 Å². The molecule has 0 saturated heterocycles. The van der Waals surface area contributed by atoms with Gasteiger partial charge in [0.05, 0.1) is 11.0 Å². The minimum absolute atomic E-state index is 0.214. The second-order valence-corrected chi connectivity index (χ2v) is 4.19. The van der Waals surface area contributed by atoms with Gasteiger partial charge in [-0.2, -0.15) is 0 Å². The molecule has 0 amide bonds. The van der Waals surface area contributed by atoms with Crippen LogP contribution in [0.4, 0.5) is 15.8 Å². The van der Waals surface area contributed by atoms with E-state index in [0.29, 0.717) is 18.2 Å². The van der Waals surface area contributed by atoms with Gasteiger partial charge in [0.15, 0.2) is 0 Å². The molecule has 1 atom stereocenters. The molecular weight excluding hydrogens is 223 g/mol. The Hall–Kier alpha value is -1.65. The van der Waals surface area contributed by atoms with Gasteiger partial charge in [-0.25, -0.2) is 4.39 Å². The number of halogens is 1. The summed E-state index contributed by atoms with van der Waals surface area (Å²) >= 11 is 0. The number of rotatable bonds is 6. The molecule has 1 unspecified atom stereocenters. The molecule has 0 radical (unpaired) electrons. The molecule has 0 aliphatic heterocycles. The lowest BCUT2D eigenvalue weighted by atomic mass is 10.1. The summed E-state index contributed by atoms with van der Waals surface area (Å²) in [5.74, 6) is -0.159. The summed E-state index contributed by atoms with van der Waals surface area (Å²) in [4.78, 5) is 10.2. The van der Waals surface area contributed by atoms with E-state index in [9.17, 15) is 14.5 Å². The summed E-state index contributed by atoms with van der Waals surface area (Å²) in [5, 5.41) is 13.7. The molecule has 0 spiro atoms. The molecule has 0 fully saturated rings. The molecule has 5 heteroatoms. The minimum atomic E-state index is -0.594. The number of nitrogens with one attached hydrogen (secondary N) is 1. The molecule has 0 heterocycles. The Morgan fingerprint density at radius 2 is 2.24 bits per heavy atom. The molecule has 0 bridgehead atoms. The number of benzene rings is 1. The van der Waals surface area contributed by atoms with Gasteiger partial charge in [0, 0.05) is 6.54 Å². The van der Waals surface area contributed by atoms with Crippen LogP contribution < -0.4 is 5.32 Å². The van der Waals surface area contributed by atoms with Gasteiger partial charge >= 0.3 is 0 Å². The first-order chi connectivity index (χ1) is 8.04. The van der Waals surface area contributed by atoms with Crippen LogP contribution in [-0.2, 0) is 0 Å². The van der Waals surface area contributed by atoms with Gasteiger partial charge in [-0.3, -0.25) is 10.1 Å². The monoisotopic (exact) mass is 240 g/mol. The quantitative estimate of drug-likeness (QED) is 0.610. The van der Waals surface area contributed by atoms with Crippen LogP contribution in [0, 0.1) is 21.8 Å².